The Kier molecular flexibility index (Phi) is 7.22. The maximum atomic E-state index is 12.7. The molecule has 1 aromatic carbocycles. The second-order valence-corrected chi connectivity index (χ2v) is 6.32. The van der Waals surface area contributed by atoms with E-state index >= 15 is 0 Å². The number of nitrogens with one attached hydrogen (secondary N) is 1. The Hall–Kier alpha value is -2.11. The van der Waals surface area contributed by atoms with Crippen molar-refractivity contribution in [3.63, 3.8) is 0 Å². The molecule has 0 radical (unpaired) electrons. The van der Waals surface area contributed by atoms with Gasteiger partial charge in [-0.25, -0.2) is 4.79 Å². The minimum atomic E-state index is -0.162. The molecule has 1 aromatic heterocycles. The van der Waals surface area contributed by atoms with Crippen LogP contribution in [0.5, 0.6) is 0 Å². The zero-order valence-electron chi connectivity index (χ0n) is 14.8. The van der Waals surface area contributed by atoms with Gasteiger partial charge in [-0.15, -0.1) is 0 Å². The summed E-state index contributed by atoms with van der Waals surface area (Å²) in [4.78, 5) is 18.7. The van der Waals surface area contributed by atoms with Gasteiger partial charge in [0.05, 0.1) is 12.6 Å². The summed E-state index contributed by atoms with van der Waals surface area (Å²) in [6, 6.07) is 11.1. The van der Waals surface area contributed by atoms with Crippen LogP contribution >= 0.6 is 11.6 Å². The van der Waals surface area contributed by atoms with Crippen LogP contribution in [0, 0.1) is 6.92 Å². The Balaban J connectivity index is 2.06. The van der Waals surface area contributed by atoms with Crippen molar-refractivity contribution < 1.29 is 9.53 Å². The number of methoxy groups -OCH3 is 1. The number of rotatable bonds is 7. The van der Waals surface area contributed by atoms with Crippen LogP contribution in [-0.4, -0.2) is 36.2 Å². The van der Waals surface area contributed by atoms with E-state index in [9.17, 15) is 4.79 Å². The maximum absolute atomic E-state index is 12.7. The summed E-state index contributed by atoms with van der Waals surface area (Å²) in [6.07, 6.45) is 1.79. The predicted octanol–water partition coefficient (Wildman–Crippen LogP) is 3.96. The van der Waals surface area contributed by atoms with Crippen molar-refractivity contribution >= 4 is 17.6 Å². The molecule has 0 spiro atoms. The van der Waals surface area contributed by atoms with Crippen LogP contribution in [0.25, 0.3) is 0 Å². The van der Waals surface area contributed by atoms with Gasteiger partial charge in [-0.2, -0.15) is 0 Å². The van der Waals surface area contributed by atoms with E-state index in [0.29, 0.717) is 24.7 Å². The highest BCUT2D eigenvalue weighted by atomic mass is 35.5. The number of aryl methyl sites for hydroxylation is 1. The van der Waals surface area contributed by atoms with Crippen LogP contribution in [0.15, 0.2) is 42.6 Å². The standard InChI is InChI=1S/C19H24ClN3O2/c1-14-8-9-16(12-21-14)15(2)22-19(24)23(10-11-25-3)13-17-6-4-5-7-18(17)20/h4-9,12,15H,10-11,13H2,1-3H3,(H,22,24)/t15-/m1/s1. The van der Waals surface area contributed by atoms with Gasteiger partial charge < -0.3 is 15.0 Å². The summed E-state index contributed by atoms with van der Waals surface area (Å²) in [5, 5.41) is 3.66. The van der Waals surface area contributed by atoms with Crippen LogP contribution in [0.1, 0.15) is 29.8 Å². The molecule has 2 amide bonds. The van der Waals surface area contributed by atoms with Crippen molar-refractivity contribution in [2.24, 2.45) is 0 Å². The Bertz CT molecular complexity index is 691. The van der Waals surface area contributed by atoms with Crippen molar-refractivity contribution in [1.82, 2.24) is 15.2 Å². The average molecular weight is 362 g/mol. The number of aromatic nitrogens is 1. The number of hydrogen-bond acceptors (Lipinski definition) is 3. The third kappa shape index (κ3) is 5.73. The fourth-order valence-electron chi connectivity index (χ4n) is 2.38. The quantitative estimate of drug-likeness (QED) is 0.812. The summed E-state index contributed by atoms with van der Waals surface area (Å²) in [5.41, 5.74) is 2.81. The Morgan fingerprint density at radius 3 is 2.72 bits per heavy atom. The summed E-state index contributed by atoms with van der Waals surface area (Å²) >= 11 is 6.23. The van der Waals surface area contributed by atoms with E-state index in [1.165, 1.54) is 0 Å². The number of amides is 2. The Morgan fingerprint density at radius 1 is 1.32 bits per heavy atom. The lowest BCUT2D eigenvalue weighted by Crippen LogP contribution is -2.42. The van der Waals surface area contributed by atoms with Gasteiger partial charge in [-0.05, 0) is 37.1 Å². The van der Waals surface area contributed by atoms with E-state index in [4.69, 9.17) is 16.3 Å². The molecule has 0 aliphatic heterocycles. The molecule has 0 bridgehead atoms. The molecule has 0 aliphatic carbocycles. The highest BCUT2D eigenvalue weighted by molar-refractivity contribution is 6.31. The van der Waals surface area contributed by atoms with Gasteiger partial charge in [-0.1, -0.05) is 35.9 Å². The molecule has 6 heteroatoms. The molecule has 2 aromatic rings. The molecule has 0 saturated heterocycles. The topological polar surface area (TPSA) is 54.5 Å². The lowest BCUT2D eigenvalue weighted by Gasteiger charge is -2.25. The van der Waals surface area contributed by atoms with Gasteiger partial charge in [-0.3, -0.25) is 4.98 Å². The maximum Gasteiger partial charge on any atom is 0.318 e. The lowest BCUT2D eigenvalue weighted by atomic mass is 10.1. The third-order valence-electron chi connectivity index (χ3n) is 3.95. The summed E-state index contributed by atoms with van der Waals surface area (Å²) in [5.74, 6) is 0. The smallest absolute Gasteiger partial charge is 0.318 e. The minimum Gasteiger partial charge on any atom is -0.383 e. The second-order valence-electron chi connectivity index (χ2n) is 5.91. The van der Waals surface area contributed by atoms with E-state index < -0.39 is 0 Å². The number of nitrogens with zero attached hydrogens (tertiary/aromatic N) is 2. The summed E-state index contributed by atoms with van der Waals surface area (Å²) < 4.78 is 5.13. The highest BCUT2D eigenvalue weighted by Crippen LogP contribution is 2.18. The number of pyridine rings is 1. The summed E-state index contributed by atoms with van der Waals surface area (Å²) in [7, 11) is 1.62. The molecule has 25 heavy (non-hydrogen) atoms. The molecule has 2 rings (SSSR count). The minimum absolute atomic E-state index is 0.142. The predicted molar refractivity (Wildman–Crippen MR) is 99.7 cm³/mol. The molecular weight excluding hydrogens is 338 g/mol. The van der Waals surface area contributed by atoms with Crippen LogP contribution < -0.4 is 5.32 Å². The fourth-order valence-corrected chi connectivity index (χ4v) is 2.58. The molecule has 0 aliphatic rings. The first-order valence-electron chi connectivity index (χ1n) is 8.21. The first kappa shape index (κ1) is 19.2. The van der Waals surface area contributed by atoms with Crippen LogP contribution in [0.2, 0.25) is 5.02 Å². The zero-order valence-corrected chi connectivity index (χ0v) is 15.6. The van der Waals surface area contributed by atoms with Crippen LogP contribution in [0.3, 0.4) is 0 Å². The van der Waals surface area contributed by atoms with E-state index in [1.54, 1.807) is 18.2 Å². The number of ether oxygens (including phenoxy) is 1. The summed E-state index contributed by atoms with van der Waals surface area (Å²) in [6.45, 7) is 5.23. The largest absolute Gasteiger partial charge is 0.383 e. The Morgan fingerprint density at radius 2 is 2.08 bits per heavy atom. The van der Waals surface area contributed by atoms with Crippen molar-refractivity contribution in [3.05, 3.63) is 64.4 Å². The molecule has 1 atom stereocenters. The SMILES string of the molecule is COCCN(Cc1ccccc1Cl)C(=O)N[C@H](C)c1ccc(C)nc1. The van der Waals surface area contributed by atoms with E-state index in [0.717, 1.165) is 16.8 Å². The molecule has 0 saturated carbocycles. The average Bonchev–Trinajstić information content (AvgIpc) is 2.60. The zero-order chi connectivity index (χ0) is 18.2. The lowest BCUT2D eigenvalue weighted by molar-refractivity contribution is 0.145. The van der Waals surface area contributed by atoms with Crippen molar-refractivity contribution in [2.45, 2.75) is 26.4 Å². The third-order valence-corrected chi connectivity index (χ3v) is 4.31. The molecule has 1 N–H and O–H groups in total. The van der Waals surface area contributed by atoms with E-state index in [2.05, 4.69) is 10.3 Å². The normalized spacial score (nSPS) is 11.8. The van der Waals surface area contributed by atoms with Gasteiger partial charge >= 0.3 is 6.03 Å². The highest BCUT2D eigenvalue weighted by Gasteiger charge is 2.18. The van der Waals surface area contributed by atoms with Gasteiger partial charge in [0.1, 0.15) is 0 Å². The van der Waals surface area contributed by atoms with Crippen LogP contribution in [-0.2, 0) is 11.3 Å². The van der Waals surface area contributed by atoms with Gasteiger partial charge in [0.2, 0.25) is 0 Å². The monoisotopic (exact) mass is 361 g/mol. The Labute approximate surface area is 154 Å². The van der Waals surface area contributed by atoms with Crippen molar-refractivity contribution in [1.29, 1.82) is 0 Å². The van der Waals surface area contributed by atoms with E-state index in [1.807, 2.05) is 50.2 Å². The number of carbonyl (C=O) groups excluding carboxylic acids is 1. The van der Waals surface area contributed by atoms with E-state index in [-0.39, 0.29) is 12.1 Å². The molecular formula is C19H24ClN3O2. The number of benzene rings is 1. The molecule has 0 unspecified atom stereocenters. The molecule has 134 valence electrons. The molecule has 5 nitrogen and oxygen atoms in total. The first-order chi connectivity index (χ1) is 12.0. The van der Waals surface area contributed by atoms with Gasteiger partial charge in [0.25, 0.3) is 0 Å². The number of urea groups is 1. The fraction of sp³-hybridized carbons (Fsp3) is 0.368. The van der Waals surface area contributed by atoms with Gasteiger partial charge in [0, 0.05) is 37.1 Å². The number of carbonyl (C=O) groups is 1. The second kappa shape index (κ2) is 9.39. The van der Waals surface area contributed by atoms with Gasteiger partial charge in [0.15, 0.2) is 0 Å². The van der Waals surface area contributed by atoms with Crippen LogP contribution in [0.4, 0.5) is 4.79 Å². The first-order valence-corrected chi connectivity index (χ1v) is 8.59. The van der Waals surface area contributed by atoms with Crippen molar-refractivity contribution in [3.8, 4) is 0 Å². The van der Waals surface area contributed by atoms with Crippen molar-refractivity contribution in [2.75, 3.05) is 20.3 Å². The molecule has 0 fully saturated rings. The number of hydrogen-bond donors (Lipinski definition) is 1. The molecule has 1 heterocycles. The number of halogens is 1.